The molecule has 0 bridgehead atoms. The van der Waals surface area contributed by atoms with Crippen LogP contribution in [0.15, 0.2) is 219 Å². The van der Waals surface area contributed by atoms with Gasteiger partial charge in [-0.2, -0.15) is 5.26 Å². The molecule has 14 rings (SSSR count). The molecule has 9 aromatic carbocycles. The van der Waals surface area contributed by atoms with Crippen LogP contribution < -0.4 is 0 Å². The normalized spacial score (nSPS) is 11.9. The van der Waals surface area contributed by atoms with E-state index < -0.39 is 0 Å². The number of hydrogen-bond acceptors (Lipinski definition) is 2. The molecule has 0 aliphatic carbocycles. The van der Waals surface area contributed by atoms with E-state index in [4.69, 9.17) is 4.98 Å². The fourth-order valence-corrected chi connectivity index (χ4v) is 10.9. The number of aromatic nitrogens is 5. The number of para-hydroxylation sites is 6. The molecule has 0 saturated heterocycles. The molecule has 0 saturated carbocycles. The Morgan fingerprint density at radius 2 is 0.636 bits per heavy atom. The molecule has 5 aromatic heterocycles. The lowest BCUT2D eigenvalue weighted by atomic mass is 10.0. The van der Waals surface area contributed by atoms with Gasteiger partial charge >= 0.3 is 0 Å². The Morgan fingerprint density at radius 3 is 1.00 bits per heavy atom. The molecule has 0 unspecified atom stereocenters. The third kappa shape index (κ3) is 5.08. The fraction of sp³-hybridized carbons (Fsp3) is 0. The zero-order valence-electron chi connectivity index (χ0n) is 35.5. The number of nitriles is 1. The van der Waals surface area contributed by atoms with Crippen molar-refractivity contribution < 1.29 is 0 Å². The molecule has 0 amide bonds. The van der Waals surface area contributed by atoms with E-state index in [0.717, 1.165) is 77.5 Å². The summed E-state index contributed by atoms with van der Waals surface area (Å²) in [6.07, 6.45) is 4.00. The van der Waals surface area contributed by atoms with Gasteiger partial charge in [0, 0.05) is 60.0 Å². The van der Waals surface area contributed by atoms with Gasteiger partial charge in [-0.05, 0) is 90.5 Å². The second-order valence-corrected chi connectivity index (χ2v) is 17.1. The summed E-state index contributed by atoms with van der Waals surface area (Å²) >= 11 is 0. The van der Waals surface area contributed by atoms with Gasteiger partial charge in [0.1, 0.15) is 0 Å². The van der Waals surface area contributed by atoms with Gasteiger partial charge in [0.05, 0.1) is 79.5 Å². The van der Waals surface area contributed by atoms with Crippen LogP contribution in [0.25, 0.3) is 121 Å². The number of hydrogen-bond donors (Lipinski definition) is 0. The predicted molar refractivity (Wildman–Crippen MR) is 272 cm³/mol. The average molecular weight is 841 g/mol. The van der Waals surface area contributed by atoms with Crippen molar-refractivity contribution in [3.63, 3.8) is 0 Å². The van der Waals surface area contributed by atoms with Crippen LogP contribution in [0.2, 0.25) is 0 Å². The highest BCUT2D eigenvalue weighted by Gasteiger charge is 2.24. The second kappa shape index (κ2) is 13.9. The zero-order chi connectivity index (χ0) is 43.5. The van der Waals surface area contributed by atoms with Gasteiger partial charge in [0.25, 0.3) is 0 Å². The Balaban J connectivity index is 1.04. The lowest BCUT2D eigenvalue weighted by Gasteiger charge is -2.19. The molecule has 306 valence electrons. The van der Waals surface area contributed by atoms with Gasteiger partial charge < -0.3 is 18.3 Å². The highest BCUT2D eigenvalue weighted by atomic mass is 15.1. The maximum Gasteiger partial charge on any atom is 0.0991 e. The SMILES string of the molecule is N#Cc1ccc(-c2c(-n3c4ccccc4c4cc(-n5c6ccccc6c6ccccc65)ccc43)cncc2-n2c3ccccc3c3cc(-n4c5ccccc5c5ccccc54)ccc32)cc1. The molecular weight excluding hydrogens is 805 g/mol. The van der Waals surface area contributed by atoms with Crippen LogP contribution in [0.3, 0.4) is 0 Å². The summed E-state index contributed by atoms with van der Waals surface area (Å²) in [5.74, 6) is 0. The summed E-state index contributed by atoms with van der Waals surface area (Å²) in [5, 5.41) is 19.5. The Morgan fingerprint density at radius 1 is 0.318 bits per heavy atom. The highest BCUT2D eigenvalue weighted by Crippen LogP contribution is 2.43. The fourth-order valence-electron chi connectivity index (χ4n) is 10.9. The quantitative estimate of drug-likeness (QED) is 0.173. The molecule has 0 N–H and O–H groups in total. The molecule has 5 heterocycles. The molecule has 0 aliphatic rings. The minimum Gasteiger partial charge on any atom is -0.309 e. The number of rotatable bonds is 5. The summed E-state index contributed by atoms with van der Waals surface area (Å²) in [7, 11) is 0. The van der Waals surface area contributed by atoms with Gasteiger partial charge in [-0.25, -0.2) is 0 Å². The molecule has 0 spiro atoms. The second-order valence-electron chi connectivity index (χ2n) is 17.1. The van der Waals surface area contributed by atoms with E-state index in [2.05, 4.69) is 218 Å². The van der Waals surface area contributed by atoms with Crippen molar-refractivity contribution in [3.05, 3.63) is 224 Å². The maximum atomic E-state index is 9.93. The first-order valence-electron chi connectivity index (χ1n) is 22.3. The van der Waals surface area contributed by atoms with Crippen LogP contribution in [0, 0.1) is 11.3 Å². The standard InChI is InChI=1S/C60H36N6/c61-35-38-25-27-39(28-26-38)60-58(65-54-23-11-5-17-46(54)48-33-40(29-31-56(48)65)63-50-19-7-1-13-42(50)43-14-2-8-20-51(43)63)36-62-37-59(60)66-55-24-12-6-18-47(55)49-34-41(30-32-57(49)66)64-52-21-9-3-15-44(52)45-16-4-10-22-53(45)64/h1-34,36-37H. The molecule has 6 heteroatoms. The summed E-state index contributed by atoms with van der Waals surface area (Å²) in [5.41, 5.74) is 15.7. The summed E-state index contributed by atoms with van der Waals surface area (Å²) in [6, 6.07) is 76.0. The molecule has 66 heavy (non-hydrogen) atoms. The molecular formula is C60H36N6. The minimum atomic E-state index is 0.611. The van der Waals surface area contributed by atoms with E-state index in [1.807, 2.05) is 24.5 Å². The first-order chi connectivity index (χ1) is 32.7. The van der Waals surface area contributed by atoms with Crippen LogP contribution in [-0.2, 0) is 0 Å². The third-order valence-electron chi connectivity index (χ3n) is 13.7. The molecule has 6 nitrogen and oxygen atoms in total. The number of pyridine rings is 1. The van der Waals surface area contributed by atoms with Crippen molar-refractivity contribution in [2.45, 2.75) is 0 Å². The average Bonchev–Trinajstić information content (AvgIpc) is 4.11. The molecule has 0 fully saturated rings. The number of benzene rings is 9. The summed E-state index contributed by atoms with van der Waals surface area (Å²) < 4.78 is 9.52. The van der Waals surface area contributed by atoms with Gasteiger partial charge in [0.2, 0.25) is 0 Å². The highest BCUT2D eigenvalue weighted by molar-refractivity contribution is 6.15. The molecule has 0 aliphatic heterocycles. The van der Waals surface area contributed by atoms with Crippen molar-refractivity contribution in [2.24, 2.45) is 0 Å². The molecule has 0 radical (unpaired) electrons. The monoisotopic (exact) mass is 840 g/mol. The Bertz CT molecular complexity index is 4000. The summed E-state index contributed by atoms with van der Waals surface area (Å²) in [6.45, 7) is 0. The van der Waals surface area contributed by atoms with Crippen molar-refractivity contribution >= 4 is 87.2 Å². The van der Waals surface area contributed by atoms with Crippen LogP contribution in [0.1, 0.15) is 5.56 Å². The van der Waals surface area contributed by atoms with Crippen LogP contribution in [0.5, 0.6) is 0 Å². The first-order valence-corrected chi connectivity index (χ1v) is 22.3. The van der Waals surface area contributed by atoms with E-state index in [1.165, 1.54) is 43.6 Å². The largest absolute Gasteiger partial charge is 0.309 e. The lowest BCUT2D eigenvalue weighted by molar-refractivity contribution is 1.09. The van der Waals surface area contributed by atoms with E-state index >= 15 is 0 Å². The van der Waals surface area contributed by atoms with Gasteiger partial charge in [-0.15, -0.1) is 0 Å². The van der Waals surface area contributed by atoms with Crippen molar-refractivity contribution in [2.75, 3.05) is 0 Å². The van der Waals surface area contributed by atoms with Crippen molar-refractivity contribution in [1.82, 2.24) is 23.3 Å². The van der Waals surface area contributed by atoms with Crippen LogP contribution in [-0.4, -0.2) is 23.3 Å². The molecule has 0 atom stereocenters. The Hall–Kier alpha value is -9.18. The number of fused-ring (bicyclic) bond motifs is 12. The van der Waals surface area contributed by atoms with Crippen molar-refractivity contribution in [1.29, 1.82) is 5.26 Å². The maximum absolute atomic E-state index is 9.93. The first kappa shape index (κ1) is 36.3. The van der Waals surface area contributed by atoms with Crippen LogP contribution in [0.4, 0.5) is 0 Å². The van der Waals surface area contributed by atoms with Gasteiger partial charge in [0.15, 0.2) is 0 Å². The predicted octanol–water partition coefficient (Wildman–Crippen LogP) is 15.0. The topological polar surface area (TPSA) is 56.4 Å². The zero-order valence-corrected chi connectivity index (χ0v) is 35.5. The van der Waals surface area contributed by atoms with Crippen LogP contribution >= 0.6 is 0 Å². The van der Waals surface area contributed by atoms with E-state index in [0.29, 0.717) is 5.56 Å². The van der Waals surface area contributed by atoms with E-state index in [9.17, 15) is 5.26 Å². The minimum absolute atomic E-state index is 0.611. The van der Waals surface area contributed by atoms with E-state index in [-0.39, 0.29) is 0 Å². The number of nitrogens with zero attached hydrogens (tertiary/aromatic N) is 6. The Kier molecular flexibility index (Phi) is 7.65. The summed E-state index contributed by atoms with van der Waals surface area (Å²) in [4.78, 5) is 5.09. The van der Waals surface area contributed by atoms with Gasteiger partial charge in [-0.1, -0.05) is 121 Å². The third-order valence-corrected chi connectivity index (χ3v) is 13.7. The molecule has 14 aromatic rings. The lowest BCUT2D eigenvalue weighted by Crippen LogP contribution is -2.05. The smallest absolute Gasteiger partial charge is 0.0991 e. The van der Waals surface area contributed by atoms with E-state index in [1.54, 1.807) is 0 Å². The van der Waals surface area contributed by atoms with Gasteiger partial charge in [-0.3, -0.25) is 4.98 Å². The Labute approximate surface area is 378 Å². The van der Waals surface area contributed by atoms with Crippen molar-refractivity contribution in [3.8, 4) is 39.9 Å².